The summed E-state index contributed by atoms with van der Waals surface area (Å²) in [5.74, 6) is 0. The maximum absolute atomic E-state index is 8.93. The highest BCUT2D eigenvalue weighted by atomic mass is 16.3. The van der Waals surface area contributed by atoms with Gasteiger partial charge in [0.25, 0.3) is 0 Å². The summed E-state index contributed by atoms with van der Waals surface area (Å²) >= 11 is 0. The van der Waals surface area contributed by atoms with Gasteiger partial charge in [0, 0.05) is 11.3 Å². The van der Waals surface area contributed by atoms with Crippen molar-refractivity contribution in [2.45, 2.75) is 12.8 Å². The molecule has 1 aromatic rings. The zero-order valence-electron chi connectivity index (χ0n) is 8.40. The summed E-state index contributed by atoms with van der Waals surface area (Å²) in [6, 6.07) is 7.93. The zero-order valence-corrected chi connectivity index (χ0v) is 8.40. The standard InChI is InChI=1S/C12H12N2O/c13-8-9-2-1-3-11-10(9)4-5-12(11)14-6-7-15/h1-3,15H,4-7H2. The first-order valence-electron chi connectivity index (χ1n) is 5.03. The topological polar surface area (TPSA) is 56.4 Å². The Balaban J connectivity index is 2.40. The van der Waals surface area contributed by atoms with Crippen molar-refractivity contribution in [1.82, 2.24) is 0 Å². The summed E-state index contributed by atoms with van der Waals surface area (Å²) in [5.41, 5.74) is 3.97. The van der Waals surface area contributed by atoms with E-state index in [4.69, 9.17) is 10.4 Å². The number of benzene rings is 1. The number of aliphatic imine (C=N–C) groups is 1. The second kappa shape index (κ2) is 4.24. The Hall–Kier alpha value is -1.66. The summed E-state index contributed by atoms with van der Waals surface area (Å²) in [6.45, 7) is 0.530. The fourth-order valence-electron chi connectivity index (χ4n) is 1.96. The van der Waals surface area contributed by atoms with E-state index in [1.54, 1.807) is 0 Å². The molecule has 0 amide bonds. The highest BCUT2D eigenvalue weighted by molar-refractivity contribution is 6.05. The van der Waals surface area contributed by atoms with Gasteiger partial charge in [-0.1, -0.05) is 12.1 Å². The van der Waals surface area contributed by atoms with Crippen molar-refractivity contribution in [2.24, 2.45) is 4.99 Å². The Bertz CT molecular complexity index is 443. The Morgan fingerprint density at radius 1 is 1.40 bits per heavy atom. The third-order valence-corrected chi connectivity index (χ3v) is 2.62. The third kappa shape index (κ3) is 1.77. The summed E-state index contributed by atoms with van der Waals surface area (Å²) in [7, 11) is 0. The second-order valence-electron chi connectivity index (χ2n) is 3.50. The van der Waals surface area contributed by atoms with Gasteiger partial charge in [0.2, 0.25) is 0 Å². The molecule has 2 rings (SSSR count). The Morgan fingerprint density at radius 2 is 2.27 bits per heavy atom. The van der Waals surface area contributed by atoms with E-state index in [0.29, 0.717) is 6.54 Å². The number of aliphatic hydroxyl groups is 1. The highest BCUT2D eigenvalue weighted by Crippen LogP contribution is 2.25. The van der Waals surface area contributed by atoms with Crippen molar-refractivity contribution in [3.63, 3.8) is 0 Å². The van der Waals surface area contributed by atoms with Crippen molar-refractivity contribution in [3.05, 3.63) is 34.9 Å². The van der Waals surface area contributed by atoms with Crippen LogP contribution in [-0.4, -0.2) is 24.0 Å². The molecular weight excluding hydrogens is 188 g/mol. The molecule has 0 aromatic heterocycles. The van der Waals surface area contributed by atoms with Crippen molar-refractivity contribution in [2.75, 3.05) is 13.2 Å². The SMILES string of the molecule is N#Cc1cccc2c1CCC2=NCCO. The fraction of sp³-hybridized carbons (Fsp3) is 0.333. The molecule has 0 spiro atoms. The Labute approximate surface area is 88.7 Å². The number of hydrogen-bond donors (Lipinski definition) is 1. The van der Waals surface area contributed by atoms with Crippen LogP contribution in [0.5, 0.6) is 0 Å². The molecule has 1 aliphatic rings. The average Bonchev–Trinajstić information content (AvgIpc) is 2.69. The van der Waals surface area contributed by atoms with Crippen LogP contribution in [0.15, 0.2) is 23.2 Å². The van der Waals surface area contributed by atoms with Crippen LogP contribution in [0.1, 0.15) is 23.1 Å². The highest BCUT2D eigenvalue weighted by Gasteiger charge is 2.19. The smallest absolute Gasteiger partial charge is 0.0994 e. The van der Waals surface area contributed by atoms with Crippen LogP contribution in [0.25, 0.3) is 0 Å². The molecule has 0 fully saturated rings. The molecule has 3 heteroatoms. The van der Waals surface area contributed by atoms with E-state index in [0.717, 1.165) is 35.2 Å². The van der Waals surface area contributed by atoms with Gasteiger partial charge in [-0.05, 0) is 24.5 Å². The minimum atomic E-state index is 0.0801. The quantitative estimate of drug-likeness (QED) is 0.782. The van der Waals surface area contributed by atoms with Crippen LogP contribution in [0.4, 0.5) is 0 Å². The third-order valence-electron chi connectivity index (χ3n) is 2.62. The zero-order chi connectivity index (χ0) is 10.7. The second-order valence-corrected chi connectivity index (χ2v) is 3.50. The first kappa shape index (κ1) is 9.88. The lowest BCUT2D eigenvalue weighted by molar-refractivity contribution is 0.307. The van der Waals surface area contributed by atoms with Gasteiger partial charge in [-0.2, -0.15) is 5.26 Å². The van der Waals surface area contributed by atoms with Gasteiger partial charge in [0.15, 0.2) is 0 Å². The summed E-state index contributed by atoms with van der Waals surface area (Å²) in [4.78, 5) is 4.32. The molecule has 0 radical (unpaired) electrons. The first-order chi connectivity index (χ1) is 7.36. The monoisotopic (exact) mass is 200 g/mol. The van der Waals surface area contributed by atoms with E-state index in [1.165, 1.54) is 0 Å². The van der Waals surface area contributed by atoms with Crippen LogP contribution in [-0.2, 0) is 6.42 Å². The molecule has 1 aliphatic carbocycles. The van der Waals surface area contributed by atoms with Gasteiger partial charge in [0.1, 0.15) is 0 Å². The molecule has 3 nitrogen and oxygen atoms in total. The molecule has 76 valence electrons. The number of aliphatic hydroxyl groups excluding tert-OH is 1. The number of nitrogens with zero attached hydrogens (tertiary/aromatic N) is 2. The minimum absolute atomic E-state index is 0.0801. The first-order valence-corrected chi connectivity index (χ1v) is 5.03. The molecule has 0 saturated heterocycles. The normalized spacial score (nSPS) is 16.4. The van der Waals surface area contributed by atoms with Gasteiger partial charge in [0.05, 0.1) is 24.8 Å². The predicted octanol–water partition coefficient (Wildman–Crippen LogP) is 1.29. The average molecular weight is 200 g/mol. The molecular formula is C12H12N2O. The molecule has 1 aromatic carbocycles. The van der Waals surface area contributed by atoms with E-state index >= 15 is 0 Å². The van der Waals surface area contributed by atoms with Crippen molar-refractivity contribution < 1.29 is 5.11 Å². The summed E-state index contributed by atoms with van der Waals surface area (Å²) in [6.07, 6.45) is 1.78. The summed E-state index contributed by atoms with van der Waals surface area (Å²) < 4.78 is 0. The van der Waals surface area contributed by atoms with E-state index in [9.17, 15) is 0 Å². The molecule has 0 aliphatic heterocycles. The van der Waals surface area contributed by atoms with Crippen LogP contribution in [0, 0.1) is 11.3 Å². The minimum Gasteiger partial charge on any atom is -0.394 e. The van der Waals surface area contributed by atoms with Gasteiger partial charge >= 0.3 is 0 Å². The van der Waals surface area contributed by atoms with Crippen LogP contribution in [0.3, 0.4) is 0 Å². The number of hydrogen-bond acceptors (Lipinski definition) is 3. The van der Waals surface area contributed by atoms with Crippen molar-refractivity contribution >= 4 is 5.71 Å². The maximum Gasteiger partial charge on any atom is 0.0994 e. The van der Waals surface area contributed by atoms with Crippen LogP contribution < -0.4 is 0 Å². The van der Waals surface area contributed by atoms with Gasteiger partial charge in [-0.15, -0.1) is 0 Å². The van der Waals surface area contributed by atoms with Gasteiger partial charge < -0.3 is 5.11 Å². The molecule has 0 bridgehead atoms. The Kier molecular flexibility index (Phi) is 2.79. The molecule has 0 unspecified atom stereocenters. The molecule has 15 heavy (non-hydrogen) atoms. The number of fused-ring (bicyclic) bond motifs is 1. The van der Waals surface area contributed by atoms with Crippen LogP contribution >= 0.6 is 0 Å². The van der Waals surface area contributed by atoms with E-state index in [1.807, 2.05) is 18.2 Å². The van der Waals surface area contributed by atoms with Crippen molar-refractivity contribution in [3.8, 4) is 6.07 Å². The molecule has 0 saturated carbocycles. The van der Waals surface area contributed by atoms with E-state index in [2.05, 4.69) is 11.1 Å². The van der Waals surface area contributed by atoms with Gasteiger partial charge in [-0.25, -0.2) is 0 Å². The maximum atomic E-state index is 8.93. The van der Waals surface area contributed by atoms with Crippen LogP contribution in [0.2, 0.25) is 0 Å². The lowest BCUT2D eigenvalue weighted by atomic mass is 10.0. The predicted molar refractivity (Wildman–Crippen MR) is 58.0 cm³/mol. The summed E-state index contributed by atoms with van der Waals surface area (Å²) in [5, 5.41) is 17.7. The number of rotatable bonds is 2. The van der Waals surface area contributed by atoms with E-state index < -0.39 is 0 Å². The molecule has 0 atom stereocenters. The Morgan fingerprint density at radius 3 is 3.00 bits per heavy atom. The van der Waals surface area contributed by atoms with Gasteiger partial charge in [-0.3, -0.25) is 4.99 Å². The van der Waals surface area contributed by atoms with Crippen molar-refractivity contribution in [1.29, 1.82) is 5.26 Å². The number of nitriles is 1. The molecule has 1 N–H and O–H groups in total. The van der Waals surface area contributed by atoms with E-state index in [-0.39, 0.29) is 6.61 Å². The molecule has 0 heterocycles. The largest absolute Gasteiger partial charge is 0.394 e. The lowest BCUT2D eigenvalue weighted by Crippen LogP contribution is -1.99. The lowest BCUT2D eigenvalue weighted by Gasteiger charge is -2.01. The fourth-order valence-corrected chi connectivity index (χ4v) is 1.96.